The van der Waals surface area contributed by atoms with Gasteiger partial charge in [0.2, 0.25) is 0 Å². The number of piperidine rings is 1. The first-order valence-electron chi connectivity index (χ1n) is 6.80. The Hall–Kier alpha value is -0.580. The van der Waals surface area contributed by atoms with E-state index in [0.29, 0.717) is 0 Å². The number of hydrogen-bond donors (Lipinski definition) is 1. The van der Waals surface area contributed by atoms with Crippen LogP contribution in [-0.2, 0) is 4.74 Å². The van der Waals surface area contributed by atoms with E-state index in [1.54, 1.807) is 7.11 Å². The zero-order chi connectivity index (χ0) is 14.0. The van der Waals surface area contributed by atoms with Crippen molar-refractivity contribution in [1.82, 2.24) is 0 Å². The summed E-state index contributed by atoms with van der Waals surface area (Å²) in [6.07, 6.45) is 2.28. The van der Waals surface area contributed by atoms with E-state index in [9.17, 15) is 0 Å². The fraction of sp³-hybridized carbons (Fsp3) is 0.600. The van der Waals surface area contributed by atoms with Crippen molar-refractivity contribution in [2.45, 2.75) is 38.3 Å². The lowest BCUT2D eigenvalue weighted by Crippen LogP contribution is -2.47. The van der Waals surface area contributed by atoms with Gasteiger partial charge in [0.1, 0.15) is 0 Å². The number of ether oxygens (including phenoxy) is 1. The summed E-state index contributed by atoms with van der Waals surface area (Å²) in [4.78, 5) is 2.39. The Bertz CT molecular complexity index is 450. The minimum Gasteiger partial charge on any atom is -0.377 e. The van der Waals surface area contributed by atoms with Crippen molar-refractivity contribution in [2.24, 2.45) is 5.73 Å². The molecule has 1 heterocycles. The Morgan fingerprint density at radius 2 is 2.21 bits per heavy atom. The monoisotopic (exact) mass is 326 g/mol. The molecule has 0 saturated carbocycles. The van der Waals surface area contributed by atoms with Crippen LogP contribution in [0.3, 0.4) is 0 Å². The Morgan fingerprint density at radius 1 is 1.47 bits per heavy atom. The fourth-order valence-electron chi connectivity index (χ4n) is 2.64. The fourth-order valence-corrected chi connectivity index (χ4v) is 3.29. The maximum Gasteiger partial charge on any atom is 0.0825 e. The molecule has 1 aromatic carbocycles. The lowest BCUT2D eigenvalue weighted by molar-refractivity contribution is -0.00467. The van der Waals surface area contributed by atoms with Crippen LogP contribution in [0.15, 0.2) is 22.7 Å². The molecule has 2 N–H and O–H groups in total. The third-order valence-corrected chi connectivity index (χ3v) is 4.63. The third kappa shape index (κ3) is 3.30. The van der Waals surface area contributed by atoms with Gasteiger partial charge in [-0.3, -0.25) is 0 Å². The molecule has 2 rings (SSSR count). The van der Waals surface area contributed by atoms with Crippen LogP contribution in [0.5, 0.6) is 0 Å². The summed E-state index contributed by atoms with van der Waals surface area (Å²) in [6, 6.07) is 6.46. The Kier molecular flexibility index (Phi) is 4.54. The van der Waals surface area contributed by atoms with Crippen LogP contribution in [-0.4, -0.2) is 25.8 Å². The zero-order valence-corrected chi connectivity index (χ0v) is 13.5. The van der Waals surface area contributed by atoms with E-state index in [1.165, 1.54) is 5.69 Å². The minimum absolute atomic E-state index is 0.0441. The predicted molar refractivity (Wildman–Crippen MR) is 83.6 cm³/mol. The minimum atomic E-state index is -0.0441. The van der Waals surface area contributed by atoms with Crippen molar-refractivity contribution in [3.8, 4) is 0 Å². The highest BCUT2D eigenvalue weighted by atomic mass is 79.9. The maximum absolute atomic E-state index is 5.92. The highest BCUT2D eigenvalue weighted by molar-refractivity contribution is 9.10. The van der Waals surface area contributed by atoms with Crippen LogP contribution in [0.4, 0.5) is 5.69 Å². The summed E-state index contributed by atoms with van der Waals surface area (Å²) in [5, 5.41) is 0. The van der Waals surface area contributed by atoms with Gasteiger partial charge in [-0.05, 0) is 60.3 Å². The summed E-state index contributed by atoms with van der Waals surface area (Å²) in [5.41, 5.74) is 8.26. The SMILES string of the molecule is COC1(C)CCCN(c2ccc([C@H](C)N)cc2Br)C1. The molecule has 19 heavy (non-hydrogen) atoms. The van der Waals surface area contributed by atoms with E-state index in [1.807, 2.05) is 6.92 Å². The Balaban J connectivity index is 2.22. The third-order valence-electron chi connectivity index (χ3n) is 3.99. The van der Waals surface area contributed by atoms with Gasteiger partial charge in [-0.1, -0.05) is 6.07 Å². The largest absolute Gasteiger partial charge is 0.377 e. The Morgan fingerprint density at radius 3 is 2.79 bits per heavy atom. The summed E-state index contributed by atoms with van der Waals surface area (Å²) >= 11 is 3.67. The van der Waals surface area contributed by atoms with Gasteiger partial charge in [0.15, 0.2) is 0 Å². The molecule has 106 valence electrons. The smallest absolute Gasteiger partial charge is 0.0825 e. The zero-order valence-electron chi connectivity index (χ0n) is 11.9. The van der Waals surface area contributed by atoms with E-state index in [2.05, 4.69) is 46.0 Å². The van der Waals surface area contributed by atoms with E-state index in [-0.39, 0.29) is 11.6 Å². The number of methoxy groups -OCH3 is 1. The second-order valence-corrected chi connectivity index (χ2v) is 6.53. The summed E-state index contributed by atoms with van der Waals surface area (Å²) in [6.45, 7) is 6.20. The lowest BCUT2D eigenvalue weighted by atomic mass is 9.94. The predicted octanol–water partition coefficient (Wildman–Crippen LogP) is 3.47. The number of nitrogens with zero attached hydrogens (tertiary/aromatic N) is 1. The first-order valence-corrected chi connectivity index (χ1v) is 7.59. The highest BCUT2D eigenvalue weighted by Crippen LogP contribution is 2.33. The highest BCUT2D eigenvalue weighted by Gasteiger charge is 2.31. The van der Waals surface area contributed by atoms with Gasteiger partial charge < -0.3 is 15.4 Å². The molecule has 1 saturated heterocycles. The van der Waals surface area contributed by atoms with Crippen LogP contribution in [0.25, 0.3) is 0 Å². The quantitative estimate of drug-likeness (QED) is 0.924. The van der Waals surface area contributed by atoms with Gasteiger partial charge in [-0.2, -0.15) is 0 Å². The maximum atomic E-state index is 5.92. The summed E-state index contributed by atoms with van der Waals surface area (Å²) < 4.78 is 6.77. The molecule has 2 atom stereocenters. The molecule has 1 aromatic rings. The van der Waals surface area contributed by atoms with Crippen LogP contribution < -0.4 is 10.6 Å². The number of rotatable bonds is 3. The first kappa shape index (κ1) is 14.8. The number of benzene rings is 1. The van der Waals surface area contributed by atoms with Crippen LogP contribution in [0.2, 0.25) is 0 Å². The van der Waals surface area contributed by atoms with Crippen molar-refractivity contribution >= 4 is 21.6 Å². The van der Waals surface area contributed by atoms with Crippen LogP contribution in [0, 0.1) is 0 Å². The van der Waals surface area contributed by atoms with Gasteiger partial charge in [-0.15, -0.1) is 0 Å². The van der Waals surface area contributed by atoms with E-state index in [0.717, 1.165) is 36.0 Å². The van der Waals surface area contributed by atoms with Gasteiger partial charge in [0, 0.05) is 30.7 Å². The van der Waals surface area contributed by atoms with Gasteiger partial charge in [-0.25, -0.2) is 0 Å². The molecule has 1 aliphatic rings. The van der Waals surface area contributed by atoms with Crippen molar-refractivity contribution in [3.63, 3.8) is 0 Å². The number of hydrogen-bond acceptors (Lipinski definition) is 3. The Labute approximate surface area is 124 Å². The molecule has 0 radical (unpaired) electrons. The molecular formula is C15H23BrN2O. The molecule has 0 spiro atoms. The molecule has 0 aromatic heterocycles. The molecule has 0 aliphatic carbocycles. The second kappa shape index (κ2) is 5.81. The average Bonchev–Trinajstić information content (AvgIpc) is 2.38. The van der Waals surface area contributed by atoms with Crippen molar-refractivity contribution in [3.05, 3.63) is 28.2 Å². The molecule has 1 unspecified atom stereocenters. The number of anilines is 1. The molecule has 0 amide bonds. The first-order chi connectivity index (χ1) is 8.95. The topological polar surface area (TPSA) is 38.5 Å². The molecule has 4 heteroatoms. The van der Waals surface area contributed by atoms with E-state index < -0.39 is 0 Å². The van der Waals surface area contributed by atoms with Crippen LogP contribution in [0.1, 0.15) is 38.3 Å². The average molecular weight is 327 g/mol. The molecule has 1 aliphatic heterocycles. The van der Waals surface area contributed by atoms with E-state index in [4.69, 9.17) is 10.5 Å². The van der Waals surface area contributed by atoms with E-state index >= 15 is 0 Å². The van der Waals surface area contributed by atoms with Crippen LogP contribution >= 0.6 is 15.9 Å². The van der Waals surface area contributed by atoms with Gasteiger partial charge in [0.05, 0.1) is 11.3 Å². The lowest BCUT2D eigenvalue weighted by Gasteiger charge is -2.41. The molecule has 3 nitrogen and oxygen atoms in total. The number of nitrogens with two attached hydrogens (primary N) is 1. The van der Waals surface area contributed by atoms with Crippen molar-refractivity contribution in [2.75, 3.05) is 25.1 Å². The molecule has 0 bridgehead atoms. The van der Waals surface area contributed by atoms with Gasteiger partial charge >= 0.3 is 0 Å². The summed E-state index contributed by atoms with van der Waals surface area (Å²) in [5.74, 6) is 0. The molecular weight excluding hydrogens is 304 g/mol. The second-order valence-electron chi connectivity index (χ2n) is 5.68. The standard InChI is InChI=1S/C15H23BrN2O/c1-11(17)12-5-6-14(13(16)9-12)18-8-4-7-15(2,10-18)19-3/h5-6,9,11H,4,7-8,10,17H2,1-3H3/t11-,15?/m0/s1. The molecule has 1 fully saturated rings. The normalized spacial score (nSPS) is 25.4. The van der Waals surface area contributed by atoms with Crippen molar-refractivity contribution < 1.29 is 4.74 Å². The number of halogens is 1. The summed E-state index contributed by atoms with van der Waals surface area (Å²) in [7, 11) is 1.80. The van der Waals surface area contributed by atoms with Gasteiger partial charge in [0.25, 0.3) is 0 Å². The van der Waals surface area contributed by atoms with Crippen molar-refractivity contribution in [1.29, 1.82) is 0 Å².